The van der Waals surface area contributed by atoms with E-state index < -0.39 is 5.60 Å². The summed E-state index contributed by atoms with van der Waals surface area (Å²) in [5.41, 5.74) is 0.685. The number of nitrogens with zero attached hydrogens (tertiary/aromatic N) is 1. The molecule has 0 saturated heterocycles. The van der Waals surface area contributed by atoms with Gasteiger partial charge >= 0.3 is 5.97 Å². The minimum atomic E-state index is -0.541. The number of hydrogen-bond donors (Lipinski definition) is 0. The predicted octanol–water partition coefficient (Wildman–Crippen LogP) is 3.77. The fourth-order valence-corrected chi connectivity index (χ4v) is 2.37. The van der Waals surface area contributed by atoms with Crippen LogP contribution in [0.3, 0.4) is 0 Å². The monoisotopic (exact) mass is 291 g/mol. The Morgan fingerprint density at radius 3 is 2.60 bits per heavy atom. The van der Waals surface area contributed by atoms with E-state index in [0.29, 0.717) is 11.3 Å². The van der Waals surface area contributed by atoms with Gasteiger partial charge in [-0.3, -0.25) is 0 Å². The Labute approximate surface area is 122 Å². The standard InChI is InChI=1S/C15H17NO3S/c1-15(2,3)19-14(17)12-9-10(18-4)5-6-11(12)13-16-7-8-20-13/h5-9H,1-4H3. The zero-order valence-corrected chi connectivity index (χ0v) is 12.8. The summed E-state index contributed by atoms with van der Waals surface area (Å²) in [5, 5.41) is 2.66. The van der Waals surface area contributed by atoms with Crippen LogP contribution in [0.2, 0.25) is 0 Å². The molecule has 0 fully saturated rings. The van der Waals surface area contributed by atoms with Crippen LogP contribution in [0.4, 0.5) is 0 Å². The molecule has 106 valence electrons. The number of methoxy groups -OCH3 is 1. The summed E-state index contributed by atoms with van der Waals surface area (Å²) >= 11 is 1.48. The number of esters is 1. The second kappa shape index (κ2) is 5.63. The van der Waals surface area contributed by atoms with E-state index in [1.807, 2.05) is 38.3 Å². The third-order valence-electron chi connectivity index (χ3n) is 2.51. The first kappa shape index (κ1) is 14.5. The molecule has 1 aromatic heterocycles. The molecule has 2 aromatic rings. The van der Waals surface area contributed by atoms with Crippen molar-refractivity contribution in [3.8, 4) is 16.3 Å². The average molecular weight is 291 g/mol. The second-order valence-electron chi connectivity index (χ2n) is 5.25. The summed E-state index contributed by atoms with van der Waals surface area (Å²) in [6.45, 7) is 5.52. The molecule has 2 rings (SSSR count). The summed E-state index contributed by atoms with van der Waals surface area (Å²) in [4.78, 5) is 16.6. The number of aromatic nitrogens is 1. The van der Waals surface area contributed by atoms with Gasteiger partial charge in [-0.25, -0.2) is 9.78 Å². The smallest absolute Gasteiger partial charge is 0.339 e. The second-order valence-corrected chi connectivity index (χ2v) is 6.15. The normalized spacial score (nSPS) is 11.2. The van der Waals surface area contributed by atoms with Gasteiger partial charge in [-0.2, -0.15) is 0 Å². The minimum Gasteiger partial charge on any atom is -0.497 e. The van der Waals surface area contributed by atoms with Gasteiger partial charge in [-0.1, -0.05) is 0 Å². The molecule has 0 N–H and O–H groups in total. The molecule has 0 aliphatic carbocycles. The van der Waals surface area contributed by atoms with Crippen molar-refractivity contribution in [2.45, 2.75) is 26.4 Å². The molecule has 0 aliphatic heterocycles. The molecule has 0 saturated carbocycles. The van der Waals surface area contributed by atoms with E-state index in [1.54, 1.807) is 19.4 Å². The Morgan fingerprint density at radius 2 is 2.05 bits per heavy atom. The number of ether oxygens (including phenoxy) is 2. The molecule has 0 spiro atoms. The number of carbonyl (C=O) groups excluding carboxylic acids is 1. The maximum absolute atomic E-state index is 12.3. The molecule has 1 heterocycles. The molecule has 0 atom stereocenters. The highest BCUT2D eigenvalue weighted by Gasteiger charge is 2.22. The number of carbonyl (C=O) groups is 1. The predicted molar refractivity (Wildman–Crippen MR) is 79.3 cm³/mol. The van der Waals surface area contributed by atoms with Crippen LogP contribution in [0.25, 0.3) is 10.6 Å². The molecule has 20 heavy (non-hydrogen) atoms. The lowest BCUT2D eigenvalue weighted by molar-refractivity contribution is 0.00701. The van der Waals surface area contributed by atoms with Gasteiger partial charge in [0.2, 0.25) is 0 Å². The molecule has 0 unspecified atom stereocenters. The van der Waals surface area contributed by atoms with Crippen LogP contribution in [-0.2, 0) is 4.74 Å². The van der Waals surface area contributed by atoms with Gasteiger partial charge in [0, 0.05) is 17.1 Å². The zero-order chi connectivity index (χ0) is 14.8. The summed E-state index contributed by atoms with van der Waals surface area (Å²) in [6, 6.07) is 5.33. The van der Waals surface area contributed by atoms with Crippen LogP contribution in [0.15, 0.2) is 29.8 Å². The van der Waals surface area contributed by atoms with Crippen molar-refractivity contribution in [1.29, 1.82) is 0 Å². The third-order valence-corrected chi connectivity index (χ3v) is 3.31. The number of thiazole rings is 1. The van der Waals surface area contributed by atoms with Gasteiger partial charge in [0.1, 0.15) is 16.4 Å². The van der Waals surface area contributed by atoms with Gasteiger partial charge in [-0.05, 0) is 39.0 Å². The van der Waals surface area contributed by atoms with Crippen molar-refractivity contribution >= 4 is 17.3 Å². The summed E-state index contributed by atoms with van der Waals surface area (Å²) < 4.78 is 10.6. The van der Waals surface area contributed by atoms with Crippen LogP contribution in [0, 0.1) is 0 Å². The number of hydrogen-bond acceptors (Lipinski definition) is 5. The first-order valence-electron chi connectivity index (χ1n) is 6.22. The van der Waals surface area contributed by atoms with Crippen molar-refractivity contribution in [1.82, 2.24) is 4.98 Å². The topological polar surface area (TPSA) is 48.4 Å². The summed E-state index contributed by atoms with van der Waals surface area (Å²) in [6.07, 6.45) is 1.71. The number of benzene rings is 1. The van der Waals surface area contributed by atoms with Crippen molar-refractivity contribution < 1.29 is 14.3 Å². The van der Waals surface area contributed by atoms with Crippen LogP contribution in [0.1, 0.15) is 31.1 Å². The Morgan fingerprint density at radius 1 is 1.30 bits per heavy atom. The quantitative estimate of drug-likeness (QED) is 0.808. The summed E-state index contributed by atoms with van der Waals surface area (Å²) in [5.74, 6) is 0.243. The maximum Gasteiger partial charge on any atom is 0.339 e. The SMILES string of the molecule is COc1ccc(-c2nccs2)c(C(=O)OC(C)(C)C)c1. The van der Waals surface area contributed by atoms with E-state index in [2.05, 4.69) is 4.98 Å². The lowest BCUT2D eigenvalue weighted by Gasteiger charge is -2.20. The lowest BCUT2D eigenvalue weighted by atomic mass is 10.1. The molecule has 0 bridgehead atoms. The molecule has 5 heteroatoms. The molecule has 0 amide bonds. The highest BCUT2D eigenvalue weighted by molar-refractivity contribution is 7.13. The maximum atomic E-state index is 12.3. The largest absolute Gasteiger partial charge is 0.497 e. The molecule has 1 aromatic carbocycles. The lowest BCUT2D eigenvalue weighted by Crippen LogP contribution is -2.24. The highest BCUT2D eigenvalue weighted by Crippen LogP contribution is 2.30. The van der Waals surface area contributed by atoms with Crippen LogP contribution >= 0.6 is 11.3 Å². The molecule has 0 aliphatic rings. The van der Waals surface area contributed by atoms with Gasteiger partial charge in [0.25, 0.3) is 0 Å². The van der Waals surface area contributed by atoms with E-state index in [9.17, 15) is 4.79 Å². The van der Waals surface area contributed by atoms with E-state index in [-0.39, 0.29) is 5.97 Å². The van der Waals surface area contributed by atoms with Crippen LogP contribution < -0.4 is 4.74 Å². The van der Waals surface area contributed by atoms with Gasteiger partial charge in [0.05, 0.1) is 12.7 Å². The van der Waals surface area contributed by atoms with E-state index in [4.69, 9.17) is 9.47 Å². The first-order valence-corrected chi connectivity index (χ1v) is 7.10. The highest BCUT2D eigenvalue weighted by atomic mass is 32.1. The number of rotatable bonds is 3. The van der Waals surface area contributed by atoms with Crippen molar-refractivity contribution in [2.24, 2.45) is 0 Å². The molecule has 0 radical (unpaired) electrons. The fourth-order valence-electron chi connectivity index (χ4n) is 1.70. The minimum absolute atomic E-state index is 0.374. The Hall–Kier alpha value is -1.88. The fraction of sp³-hybridized carbons (Fsp3) is 0.333. The van der Waals surface area contributed by atoms with Crippen molar-refractivity contribution in [3.63, 3.8) is 0 Å². The third kappa shape index (κ3) is 3.36. The van der Waals surface area contributed by atoms with Crippen molar-refractivity contribution in [3.05, 3.63) is 35.3 Å². The Kier molecular flexibility index (Phi) is 4.09. The average Bonchev–Trinajstić information content (AvgIpc) is 2.89. The first-order chi connectivity index (χ1) is 9.40. The van der Waals surface area contributed by atoms with E-state index in [1.165, 1.54) is 11.3 Å². The van der Waals surface area contributed by atoms with Gasteiger partial charge in [-0.15, -0.1) is 11.3 Å². The Balaban J connectivity index is 2.45. The molecular weight excluding hydrogens is 274 g/mol. The molecular formula is C15H17NO3S. The van der Waals surface area contributed by atoms with Crippen LogP contribution in [-0.4, -0.2) is 23.7 Å². The summed E-state index contributed by atoms with van der Waals surface area (Å²) in [7, 11) is 1.57. The molecule has 4 nitrogen and oxygen atoms in total. The van der Waals surface area contributed by atoms with E-state index in [0.717, 1.165) is 10.6 Å². The zero-order valence-electron chi connectivity index (χ0n) is 12.0. The Bertz CT molecular complexity index is 600. The van der Waals surface area contributed by atoms with E-state index >= 15 is 0 Å². The van der Waals surface area contributed by atoms with Crippen molar-refractivity contribution in [2.75, 3.05) is 7.11 Å². The van der Waals surface area contributed by atoms with Gasteiger partial charge in [0.15, 0.2) is 0 Å². The van der Waals surface area contributed by atoms with Gasteiger partial charge < -0.3 is 9.47 Å². The van der Waals surface area contributed by atoms with Crippen LogP contribution in [0.5, 0.6) is 5.75 Å².